The van der Waals surface area contributed by atoms with Gasteiger partial charge < -0.3 is 24.7 Å². The lowest BCUT2D eigenvalue weighted by atomic mass is 10.1. The highest BCUT2D eigenvalue weighted by atomic mass is 16.5. The Morgan fingerprint density at radius 3 is 2.64 bits per heavy atom. The van der Waals surface area contributed by atoms with Gasteiger partial charge in [0.15, 0.2) is 11.2 Å². The monoisotopic (exact) mass is 535 g/mol. The smallest absolute Gasteiger partial charge is 0.333 e. The maximum atomic E-state index is 13.9. The summed E-state index contributed by atoms with van der Waals surface area (Å²) in [5.74, 6) is 0.545. The fourth-order valence-electron chi connectivity index (χ4n) is 5.24. The highest BCUT2D eigenvalue weighted by Gasteiger charge is 2.27. The van der Waals surface area contributed by atoms with E-state index in [9.17, 15) is 14.4 Å². The molecule has 0 saturated carbocycles. The molecule has 0 radical (unpaired) electrons. The zero-order valence-corrected chi connectivity index (χ0v) is 22.4. The molecule has 3 aromatic heterocycles. The third-order valence-corrected chi connectivity index (χ3v) is 7.01. The number of carbonyl (C=O) groups excluding carboxylic acids is 1. The van der Waals surface area contributed by atoms with Crippen molar-refractivity contribution in [3.05, 3.63) is 56.9 Å². The zero-order chi connectivity index (χ0) is 27.7. The van der Waals surface area contributed by atoms with Gasteiger partial charge in [0.25, 0.3) is 5.56 Å². The molecule has 1 fully saturated rings. The molecule has 4 aromatic rings. The van der Waals surface area contributed by atoms with E-state index in [2.05, 4.69) is 4.98 Å². The van der Waals surface area contributed by atoms with E-state index < -0.39 is 17.2 Å². The molecule has 0 amide bonds. The molecule has 1 aromatic carbocycles. The van der Waals surface area contributed by atoms with Gasteiger partial charge in [-0.25, -0.2) is 4.79 Å². The number of hydrogen-bond acceptors (Lipinski definition) is 9. The Bertz CT molecular complexity index is 1650. The maximum Gasteiger partial charge on any atom is 0.333 e. The summed E-state index contributed by atoms with van der Waals surface area (Å²) in [4.78, 5) is 51.7. The van der Waals surface area contributed by atoms with Gasteiger partial charge in [0.1, 0.15) is 12.3 Å². The Morgan fingerprint density at radius 1 is 1.13 bits per heavy atom. The molecule has 4 heterocycles. The van der Waals surface area contributed by atoms with Crippen LogP contribution in [0.25, 0.3) is 22.1 Å². The van der Waals surface area contributed by atoms with E-state index in [1.165, 1.54) is 4.57 Å². The van der Waals surface area contributed by atoms with Crippen molar-refractivity contribution < 1.29 is 14.3 Å². The molecule has 1 aliphatic rings. The number of imidazole rings is 1. The summed E-state index contributed by atoms with van der Waals surface area (Å²) in [6, 6.07) is 9.17. The third-order valence-electron chi connectivity index (χ3n) is 7.01. The predicted molar refractivity (Wildman–Crippen MR) is 147 cm³/mol. The number of esters is 1. The van der Waals surface area contributed by atoms with Crippen molar-refractivity contribution in [1.82, 2.24) is 23.7 Å². The van der Waals surface area contributed by atoms with E-state index in [1.807, 2.05) is 36.1 Å². The van der Waals surface area contributed by atoms with E-state index >= 15 is 0 Å². The number of piperidine rings is 1. The van der Waals surface area contributed by atoms with Gasteiger partial charge in [-0.15, -0.1) is 0 Å². The van der Waals surface area contributed by atoms with Gasteiger partial charge in [-0.2, -0.15) is 4.98 Å². The second-order valence-electron chi connectivity index (χ2n) is 9.57. The van der Waals surface area contributed by atoms with Gasteiger partial charge >= 0.3 is 11.7 Å². The summed E-state index contributed by atoms with van der Waals surface area (Å²) < 4.78 is 14.8. The minimum Gasteiger partial charge on any atom is -0.496 e. The number of carbonyl (C=O) groups is 1. The van der Waals surface area contributed by atoms with Gasteiger partial charge in [-0.1, -0.05) is 12.1 Å². The number of nitrogens with two attached hydrogens (primary N) is 1. The number of fused-ring (bicyclic) bond motifs is 2. The molecule has 1 unspecified atom stereocenters. The van der Waals surface area contributed by atoms with E-state index in [-0.39, 0.29) is 36.9 Å². The van der Waals surface area contributed by atoms with Crippen molar-refractivity contribution in [3.8, 4) is 5.75 Å². The number of nitrogens with zero attached hydrogens (tertiary/aromatic N) is 6. The molecule has 0 spiro atoms. The topological polar surface area (TPSA) is 140 Å². The van der Waals surface area contributed by atoms with E-state index in [1.54, 1.807) is 24.7 Å². The molecule has 12 heteroatoms. The molecule has 39 heavy (non-hydrogen) atoms. The molecular weight excluding hydrogens is 502 g/mol. The normalized spacial score (nSPS) is 15.7. The van der Waals surface area contributed by atoms with Gasteiger partial charge in [-0.3, -0.25) is 23.7 Å². The molecule has 1 atom stereocenters. The highest BCUT2D eigenvalue weighted by Crippen LogP contribution is 2.26. The fraction of sp³-hybridized carbons (Fsp3) is 0.444. The van der Waals surface area contributed by atoms with Gasteiger partial charge in [0, 0.05) is 37.1 Å². The zero-order valence-electron chi connectivity index (χ0n) is 22.4. The first kappa shape index (κ1) is 26.4. The van der Waals surface area contributed by atoms with Crippen LogP contribution >= 0.6 is 0 Å². The molecule has 2 N–H and O–H groups in total. The summed E-state index contributed by atoms with van der Waals surface area (Å²) in [7, 11) is 1.56. The third kappa shape index (κ3) is 4.87. The summed E-state index contributed by atoms with van der Waals surface area (Å²) in [5.41, 5.74) is 6.58. The maximum absolute atomic E-state index is 13.9. The number of ether oxygens (including phenoxy) is 2. The largest absolute Gasteiger partial charge is 0.496 e. The number of aryl methyl sites for hydroxylation is 1. The Morgan fingerprint density at radius 2 is 1.92 bits per heavy atom. The SMILES string of the molecule is CCOC(=O)Cn1c(=O)n(Cc2cc(OC)c3ccccc3n2)c(=O)c2c1nc(N1CCCC(N)C1)n2CC. The molecule has 0 bridgehead atoms. The van der Waals surface area contributed by atoms with Gasteiger partial charge in [0.2, 0.25) is 5.95 Å². The number of hydrogen-bond donors (Lipinski definition) is 1. The second kappa shape index (κ2) is 10.9. The summed E-state index contributed by atoms with van der Waals surface area (Å²) >= 11 is 0. The number of aromatic nitrogens is 5. The van der Waals surface area contributed by atoms with E-state index in [4.69, 9.17) is 20.2 Å². The summed E-state index contributed by atoms with van der Waals surface area (Å²) in [6.45, 7) is 5.03. The van der Waals surface area contributed by atoms with Crippen molar-refractivity contribution in [3.63, 3.8) is 0 Å². The Balaban J connectivity index is 1.72. The predicted octanol–water partition coefficient (Wildman–Crippen LogP) is 1.48. The van der Waals surface area contributed by atoms with Crippen LogP contribution < -0.4 is 26.6 Å². The van der Waals surface area contributed by atoms with Crippen LogP contribution in [0.4, 0.5) is 5.95 Å². The molecule has 5 rings (SSSR count). The molecule has 12 nitrogen and oxygen atoms in total. The average Bonchev–Trinajstić information content (AvgIpc) is 3.33. The first-order chi connectivity index (χ1) is 18.9. The lowest BCUT2D eigenvalue weighted by Crippen LogP contribution is -2.44. The molecular formula is C27H33N7O5. The van der Waals surface area contributed by atoms with Gasteiger partial charge in [-0.05, 0) is 38.8 Å². The fourth-order valence-corrected chi connectivity index (χ4v) is 5.24. The lowest BCUT2D eigenvalue weighted by Gasteiger charge is -2.31. The van der Waals surface area contributed by atoms with Crippen molar-refractivity contribution in [2.45, 2.75) is 52.4 Å². The van der Waals surface area contributed by atoms with Crippen LogP contribution in [0.1, 0.15) is 32.4 Å². The standard InChI is InChI=1S/C27H33N7O5/c1-4-32-23-24(30-26(32)31-12-8-9-17(28)14-31)33(16-22(35)39-5-2)27(37)34(25(23)36)15-18-13-21(38-3)19-10-6-7-11-20(19)29-18/h6-7,10-11,13,17H,4-5,8-9,12,14-16,28H2,1-3H3. The average molecular weight is 536 g/mol. The first-order valence-corrected chi connectivity index (χ1v) is 13.2. The number of para-hydroxylation sites is 1. The van der Waals surface area contributed by atoms with Crippen LogP contribution in [-0.4, -0.2) is 62.5 Å². The number of pyridine rings is 1. The van der Waals surface area contributed by atoms with Crippen molar-refractivity contribution >= 4 is 34.0 Å². The van der Waals surface area contributed by atoms with Crippen LogP contribution in [0.2, 0.25) is 0 Å². The van der Waals surface area contributed by atoms with Crippen LogP contribution in [0.3, 0.4) is 0 Å². The number of rotatable bonds is 8. The Hall–Kier alpha value is -4.19. The van der Waals surface area contributed by atoms with E-state index in [0.717, 1.165) is 29.3 Å². The van der Waals surface area contributed by atoms with Crippen molar-refractivity contribution in [1.29, 1.82) is 0 Å². The van der Waals surface area contributed by atoms with Gasteiger partial charge in [0.05, 0.1) is 31.5 Å². The van der Waals surface area contributed by atoms with Crippen molar-refractivity contribution in [2.24, 2.45) is 5.73 Å². The number of anilines is 1. The van der Waals surface area contributed by atoms with Crippen LogP contribution in [0.5, 0.6) is 5.75 Å². The van der Waals surface area contributed by atoms with Crippen LogP contribution in [-0.2, 0) is 29.2 Å². The minimum atomic E-state index is -0.669. The second-order valence-corrected chi connectivity index (χ2v) is 9.57. The molecule has 0 aliphatic carbocycles. The minimum absolute atomic E-state index is 0.0174. The highest BCUT2D eigenvalue weighted by molar-refractivity contribution is 5.85. The number of benzene rings is 1. The molecule has 206 valence electrons. The summed E-state index contributed by atoms with van der Waals surface area (Å²) in [6.07, 6.45) is 1.80. The lowest BCUT2D eigenvalue weighted by molar-refractivity contribution is -0.143. The number of methoxy groups -OCH3 is 1. The summed E-state index contributed by atoms with van der Waals surface area (Å²) in [5, 5.41) is 0.819. The molecule has 1 saturated heterocycles. The Labute approximate surface area is 224 Å². The van der Waals surface area contributed by atoms with Crippen molar-refractivity contribution in [2.75, 3.05) is 31.7 Å². The Kier molecular flexibility index (Phi) is 7.38. The first-order valence-electron chi connectivity index (χ1n) is 13.2. The quantitative estimate of drug-likeness (QED) is 0.332. The van der Waals surface area contributed by atoms with E-state index in [0.29, 0.717) is 36.0 Å². The molecule has 1 aliphatic heterocycles. The van der Waals surface area contributed by atoms with Crippen LogP contribution in [0, 0.1) is 0 Å². The van der Waals surface area contributed by atoms with Crippen LogP contribution in [0.15, 0.2) is 39.9 Å².